The molecule has 2 rings (SSSR count). The van der Waals surface area contributed by atoms with Crippen LogP contribution in [0.1, 0.15) is 42.1 Å². The number of hydrogen-bond acceptors (Lipinski definition) is 1. The van der Waals surface area contributed by atoms with Crippen LogP contribution in [-0.4, -0.2) is 4.57 Å². The Labute approximate surface area is 116 Å². The van der Waals surface area contributed by atoms with Gasteiger partial charge in [-0.25, -0.2) is 0 Å². The number of nitrogens with zero attached hydrogens (tertiary/aromatic N) is 1. The molecule has 1 heterocycles. The molecule has 2 N–H and O–H groups in total. The monoisotopic (exact) mass is 256 g/mol. The summed E-state index contributed by atoms with van der Waals surface area (Å²) in [6.07, 6.45) is 4.29. The second-order valence-electron chi connectivity index (χ2n) is 5.88. The van der Waals surface area contributed by atoms with Crippen molar-refractivity contribution < 1.29 is 0 Å². The Balaban J connectivity index is 2.15. The van der Waals surface area contributed by atoms with Crippen LogP contribution in [-0.2, 0) is 6.54 Å². The maximum absolute atomic E-state index is 6.18. The molecule has 0 aliphatic heterocycles. The van der Waals surface area contributed by atoms with E-state index in [9.17, 15) is 0 Å². The van der Waals surface area contributed by atoms with Crippen molar-refractivity contribution in [3.05, 3.63) is 58.9 Å². The van der Waals surface area contributed by atoms with E-state index in [4.69, 9.17) is 5.73 Å². The number of hydrogen-bond donors (Lipinski definition) is 1. The fraction of sp³-hybridized carbons (Fsp3) is 0.412. The van der Waals surface area contributed by atoms with E-state index in [1.54, 1.807) is 0 Å². The molecule has 2 aromatic rings. The molecule has 1 aromatic carbocycles. The second-order valence-corrected chi connectivity index (χ2v) is 5.88. The van der Waals surface area contributed by atoms with Gasteiger partial charge in [-0.2, -0.15) is 0 Å². The highest BCUT2D eigenvalue weighted by molar-refractivity contribution is 5.29. The summed E-state index contributed by atoms with van der Waals surface area (Å²) in [5.41, 5.74) is 11.4. The van der Waals surface area contributed by atoms with Gasteiger partial charge in [0.15, 0.2) is 0 Å². The van der Waals surface area contributed by atoms with E-state index in [-0.39, 0.29) is 6.04 Å². The fourth-order valence-electron chi connectivity index (χ4n) is 2.51. The maximum atomic E-state index is 6.18. The minimum absolute atomic E-state index is 0.125. The van der Waals surface area contributed by atoms with Gasteiger partial charge in [0.1, 0.15) is 0 Å². The topological polar surface area (TPSA) is 30.9 Å². The molecule has 0 radical (unpaired) electrons. The third-order valence-corrected chi connectivity index (χ3v) is 3.52. The van der Waals surface area contributed by atoms with Crippen molar-refractivity contribution in [3.8, 4) is 0 Å². The van der Waals surface area contributed by atoms with Crippen molar-refractivity contribution in [2.24, 2.45) is 11.7 Å². The lowest BCUT2D eigenvalue weighted by atomic mass is 10.00. The van der Waals surface area contributed by atoms with Gasteiger partial charge in [0.2, 0.25) is 0 Å². The molecule has 0 aliphatic carbocycles. The van der Waals surface area contributed by atoms with Crippen molar-refractivity contribution in [1.29, 1.82) is 0 Å². The summed E-state index contributed by atoms with van der Waals surface area (Å²) in [6.45, 7) is 9.52. The molecule has 102 valence electrons. The average Bonchev–Trinajstić information content (AvgIpc) is 2.74. The molecular formula is C17H24N2. The molecule has 0 fully saturated rings. The average molecular weight is 256 g/mol. The molecule has 1 unspecified atom stereocenters. The molecule has 0 saturated carbocycles. The molecule has 0 aliphatic rings. The van der Waals surface area contributed by atoms with Crippen molar-refractivity contribution in [3.63, 3.8) is 0 Å². The van der Waals surface area contributed by atoms with Crippen LogP contribution in [0.5, 0.6) is 0 Å². The maximum Gasteiger partial charge on any atom is 0.0470 e. The van der Waals surface area contributed by atoms with Crippen molar-refractivity contribution in [2.75, 3.05) is 0 Å². The Hall–Kier alpha value is -1.54. The zero-order chi connectivity index (χ0) is 14.0. The molecule has 2 heteroatoms. The normalized spacial score (nSPS) is 12.9. The van der Waals surface area contributed by atoms with Crippen LogP contribution < -0.4 is 5.73 Å². The van der Waals surface area contributed by atoms with Crippen LogP contribution in [0.4, 0.5) is 0 Å². The molecular weight excluding hydrogens is 232 g/mol. The lowest BCUT2D eigenvalue weighted by Crippen LogP contribution is -2.15. The van der Waals surface area contributed by atoms with Crippen LogP contribution in [0.25, 0.3) is 0 Å². The van der Waals surface area contributed by atoms with Gasteiger partial charge >= 0.3 is 0 Å². The smallest absolute Gasteiger partial charge is 0.0470 e. The molecule has 0 saturated heterocycles. The lowest BCUT2D eigenvalue weighted by Gasteiger charge is -2.13. The molecule has 1 atom stereocenters. The van der Waals surface area contributed by atoms with Crippen LogP contribution in [0.15, 0.2) is 36.7 Å². The van der Waals surface area contributed by atoms with Crippen LogP contribution in [0.2, 0.25) is 0 Å². The second kappa shape index (κ2) is 5.62. The van der Waals surface area contributed by atoms with Gasteiger partial charge in [0.05, 0.1) is 0 Å². The van der Waals surface area contributed by atoms with E-state index < -0.39 is 0 Å². The highest BCUT2D eigenvalue weighted by Gasteiger charge is 2.11. The summed E-state index contributed by atoms with van der Waals surface area (Å²) in [5, 5.41) is 0. The van der Waals surface area contributed by atoms with Gasteiger partial charge in [-0.3, -0.25) is 0 Å². The molecule has 19 heavy (non-hydrogen) atoms. The van der Waals surface area contributed by atoms with Crippen molar-refractivity contribution in [1.82, 2.24) is 4.57 Å². The fourth-order valence-corrected chi connectivity index (χ4v) is 2.51. The first-order chi connectivity index (χ1) is 8.95. The van der Waals surface area contributed by atoms with Gasteiger partial charge < -0.3 is 10.3 Å². The zero-order valence-corrected chi connectivity index (χ0v) is 12.4. The van der Waals surface area contributed by atoms with Gasteiger partial charge in [0.25, 0.3) is 0 Å². The molecule has 0 bridgehead atoms. The Morgan fingerprint density at radius 2 is 1.74 bits per heavy atom. The standard InChI is InChI=1S/C17H24N2/c1-12(2)17(18)16-5-6-19(11-16)10-15-8-13(3)7-14(4)9-15/h5-9,11-12,17H,10,18H2,1-4H3. The van der Waals surface area contributed by atoms with E-state index in [1.165, 1.54) is 22.3 Å². The number of aryl methyl sites for hydroxylation is 2. The van der Waals surface area contributed by atoms with Gasteiger partial charge in [-0.15, -0.1) is 0 Å². The van der Waals surface area contributed by atoms with Crippen LogP contribution in [0, 0.1) is 19.8 Å². The Morgan fingerprint density at radius 3 is 2.32 bits per heavy atom. The first-order valence-electron chi connectivity index (χ1n) is 6.94. The summed E-state index contributed by atoms with van der Waals surface area (Å²) >= 11 is 0. The number of rotatable bonds is 4. The van der Waals surface area contributed by atoms with E-state index in [2.05, 4.69) is 68.9 Å². The van der Waals surface area contributed by atoms with Crippen molar-refractivity contribution >= 4 is 0 Å². The summed E-state index contributed by atoms with van der Waals surface area (Å²) < 4.78 is 2.21. The predicted octanol–water partition coefficient (Wildman–Crippen LogP) is 3.81. The largest absolute Gasteiger partial charge is 0.350 e. The Kier molecular flexibility index (Phi) is 4.11. The summed E-state index contributed by atoms with van der Waals surface area (Å²) in [6, 6.07) is 8.96. The lowest BCUT2D eigenvalue weighted by molar-refractivity contribution is 0.513. The Bertz CT molecular complexity index is 532. The van der Waals surface area contributed by atoms with Gasteiger partial charge in [0, 0.05) is 25.0 Å². The summed E-state index contributed by atoms with van der Waals surface area (Å²) in [5.74, 6) is 0.470. The SMILES string of the molecule is Cc1cc(C)cc(Cn2ccc(C(N)C(C)C)c2)c1. The van der Waals surface area contributed by atoms with Crippen LogP contribution >= 0.6 is 0 Å². The number of benzene rings is 1. The highest BCUT2D eigenvalue weighted by Crippen LogP contribution is 2.19. The molecule has 1 aromatic heterocycles. The number of nitrogens with two attached hydrogens (primary N) is 1. The van der Waals surface area contributed by atoms with E-state index in [0.717, 1.165) is 6.54 Å². The third-order valence-electron chi connectivity index (χ3n) is 3.52. The third kappa shape index (κ3) is 3.48. The summed E-state index contributed by atoms with van der Waals surface area (Å²) in [4.78, 5) is 0. The zero-order valence-electron chi connectivity index (χ0n) is 12.4. The minimum atomic E-state index is 0.125. The highest BCUT2D eigenvalue weighted by atomic mass is 14.9. The molecule has 0 amide bonds. The van der Waals surface area contributed by atoms with Gasteiger partial charge in [-0.05, 0) is 37.0 Å². The first kappa shape index (κ1) is 13.9. The van der Waals surface area contributed by atoms with Crippen LogP contribution in [0.3, 0.4) is 0 Å². The van der Waals surface area contributed by atoms with Crippen molar-refractivity contribution in [2.45, 2.75) is 40.3 Å². The molecule has 0 spiro atoms. The first-order valence-corrected chi connectivity index (χ1v) is 6.94. The van der Waals surface area contributed by atoms with E-state index >= 15 is 0 Å². The van der Waals surface area contributed by atoms with E-state index in [0.29, 0.717) is 5.92 Å². The van der Waals surface area contributed by atoms with Gasteiger partial charge in [-0.1, -0.05) is 43.2 Å². The quantitative estimate of drug-likeness (QED) is 0.886. The summed E-state index contributed by atoms with van der Waals surface area (Å²) in [7, 11) is 0. The Morgan fingerprint density at radius 1 is 1.11 bits per heavy atom. The number of aromatic nitrogens is 1. The predicted molar refractivity (Wildman–Crippen MR) is 81.2 cm³/mol. The van der Waals surface area contributed by atoms with E-state index in [1.807, 2.05) is 0 Å². The molecule has 2 nitrogen and oxygen atoms in total. The minimum Gasteiger partial charge on any atom is -0.350 e.